The van der Waals surface area contributed by atoms with Crippen molar-refractivity contribution in [1.82, 2.24) is 5.32 Å². The number of unbranched alkanes of at least 4 members (excludes halogenated alkanes) is 1. The summed E-state index contributed by atoms with van der Waals surface area (Å²) in [5.41, 5.74) is -0.101. The number of aliphatic hydroxyl groups excluding tert-OH is 1. The molecule has 0 aromatic carbocycles. The maximum absolute atomic E-state index is 9.02. The molecule has 3 heteroatoms. The van der Waals surface area contributed by atoms with Crippen molar-refractivity contribution < 1.29 is 9.84 Å². The number of hydrogen-bond acceptors (Lipinski definition) is 3. The van der Waals surface area contributed by atoms with E-state index in [9.17, 15) is 0 Å². The van der Waals surface area contributed by atoms with Gasteiger partial charge in [0, 0.05) is 25.3 Å². The first kappa shape index (κ1) is 14.9. The lowest BCUT2D eigenvalue weighted by Crippen LogP contribution is -2.51. The smallest absolute Gasteiger partial charge is 0.0642 e. The van der Waals surface area contributed by atoms with E-state index in [1.165, 1.54) is 19.3 Å². The summed E-state index contributed by atoms with van der Waals surface area (Å²) in [5, 5.41) is 12.6. The van der Waals surface area contributed by atoms with Gasteiger partial charge in [0.2, 0.25) is 0 Å². The van der Waals surface area contributed by atoms with Gasteiger partial charge in [0.15, 0.2) is 0 Å². The summed E-state index contributed by atoms with van der Waals surface area (Å²) in [6.45, 7) is 7.35. The fourth-order valence-electron chi connectivity index (χ4n) is 1.93. The second-order valence-electron chi connectivity index (χ2n) is 4.65. The van der Waals surface area contributed by atoms with Gasteiger partial charge >= 0.3 is 0 Å². The second kappa shape index (κ2) is 8.08. The SMILES string of the molecule is CCCCC(C)NC(C)(CCO)COC. The highest BCUT2D eigenvalue weighted by Crippen LogP contribution is 2.13. The molecule has 0 aliphatic carbocycles. The average molecular weight is 217 g/mol. The van der Waals surface area contributed by atoms with E-state index in [1.54, 1.807) is 7.11 Å². The van der Waals surface area contributed by atoms with E-state index < -0.39 is 0 Å². The molecule has 0 saturated heterocycles. The topological polar surface area (TPSA) is 41.5 Å². The molecular formula is C12H27NO2. The Labute approximate surface area is 94.2 Å². The predicted octanol–water partition coefficient (Wildman–Crippen LogP) is 1.94. The van der Waals surface area contributed by atoms with Crippen LogP contribution in [0.15, 0.2) is 0 Å². The average Bonchev–Trinajstić information content (AvgIpc) is 2.15. The van der Waals surface area contributed by atoms with E-state index in [2.05, 4.69) is 26.1 Å². The fourth-order valence-corrected chi connectivity index (χ4v) is 1.93. The molecule has 0 aromatic rings. The zero-order valence-corrected chi connectivity index (χ0v) is 10.7. The molecule has 2 atom stereocenters. The molecule has 3 nitrogen and oxygen atoms in total. The zero-order valence-electron chi connectivity index (χ0n) is 10.7. The quantitative estimate of drug-likeness (QED) is 0.620. The number of nitrogens with one attached hydrogen (secondary N) is 1. The van der Waals surface area contributed by atoms with Crippen molar-refractivity contribution in [3.63, 3.8) is 0 Å². The number of hydrogen-bond donors (Lipinski definition) is 2. The lowest BCUT2D eigenvalue weighted by atomic mass is 9.97. The maximum Gasteiger partial charge on any atom is 0.0642 e. The third kappa shape index (κ3) is 6.88. The van der Waals surface area contributed by atoms with Crippen LogP contribution in [0, 0.1) is 0 Å². The molecule has 0 bridgehead atoms. The summed E-state index contributed by atoms with van der Waals surface area (Å²) in [5.74, 6) is 0. The van der Waals surface area contributed by atoms with Gasteiger partial charge in [-0.2, -0.15) is 0 Å². The van der Waals surface area contributed by atoms with Gasteiger partial charge in [-0.3, -0.25) is 0 Å². The molecule has 0 rings (SSSR count). The summed E-state index contributed by atoms with van der Waals surface area (Å²) in [6.07, 6.45) is 4.39. The van der Waals surface area contributed by atoms with Crippen molar-refractivity contribution in [3.05, 3.63) is 0 Å². The monoisotopic (exact) mass is 217 g/mol. The zero-order chi connectivity index (χ0) is 11.7. The molecule has 0 aliphatic heterocycles. The highest BCUT2D eigenvalue weighted by Gasteiger charge is 2.24. The molecule has 0 radical (unpaired) electrons. The summed E-state index contributed by atoms with van der Waals surface area (Å²) in [6, 6.07) is 0.483. The van der Waals surface area contributed by atoms with Crippen molar-refractivity contribution in [2.75, 3.05) is 20.3 Å². The van der Waals surface area contributed by atoms with E-state index in [-0.39, 0.29) is 12.1 Å². The molecule has 0 amide bonds. The Morgan fingerprint density at radius 2 is 2.13 bits per heavy atom. The molecule has 2 N–H and O–H groups in total. The van der Waals surface area contributed by atoms with Crippen molar-refractivity contribution >= 4 is 0 Å². The van der Waals surface area contributed by atoms with Gasteiger partial charge in [-0.1, -0.05) is 19.8 Å². The molecule has 0 spiro atoms. The Balaban J connectivity index is 4.02. The van der Waals surface area contributed by atoms with Gasteiger partial charge in [0.1, 0.15) is 0 Å². The van der Waals surface area contributed by atoms with Crippen LogP contribution in [0.4, 0.5) is 0 Å². The molecular weight excluding hydrogens is 190 g/mol. The van der Waals surface area contributed by atoms with Crippen LogP contribution in [0.3, 0.4) is 0 Å². The molecule has 92 valence electrons. The van der Waals surface area contributed by atoms with Crippen LogP contribution in [0.2, 0.25) is 0 Å². The van der Waals surface area contributed by atoms with Crippen LogP contribution in [-0.4, -0.2) is 37.0 Å². The van der Waals surface area contributed by atoms with Crippen LogP contribution in [-0.2, 0) is 4.74 Å². The number of aliphatic hydroxyl groups is 1. The normalized spacial score (nSPS) is 17.4. The molecule has 0 fully saturated rings. The highest BCUT2D eigenvalue weighted by atomic mass is 16.5. The first-order chi connectivity index (χ1) is 7.08. The predicted molar refractivity (Wildman–Crippen MR) is 64.1 cm³/mol. The Morgan fingerprint density at radius 3 is 2.60 bits per heavy atom. The van der Waals surface area contributed by atoms with E-state index >= 15 is 0 Å². The van der Waals surface area contributed by atoms with Crippen LogP contribution < -0.4 is 5.32 Å². The second-order valence-corrected chi connectivity index (χ2v) is 4.65. The van der Waals surface area contributed by atoms with E-state index in [0.29, 0.717) is 12.6 Å². The molecule has 0 aromatic heterocycles. The van der Waals surface area contributed by atoms with Crippen molar-refractivity contribution in [3.8, 4) is 0 Å². The standard InChI is InChI=1S/C12H27NO2/c1-5-6-7-11(2)13-12(3,8-9-14)10-15-4/h11,13-14H,5-10H2,1-4H3. The Morgan fingerprint density at radius 1 is 1.47 bits per heavy atom. The third-order valence-corrected chi connectivity index (χ3v) is 2.71. The molecule has 2 unspecified atom stereocenters. The highest BCUT2D eigenvalue weighted by molar-refractivity contribution is 4.85. The van der Waals surface area contributed by atoms with Crippen LogP contribution >= 0.6 is 0 Å². The van der Waals surface area contributed by atoms with Crippen LogP contribution in [0.1, 0.15) is 46.5 Å². The minimum absolute atomic E-state index is 0.101. The minimum atomic E-state index is -0.101. The maximum atomic E-state index is 9.02. The lowest BCUT2D eigenvalue weighted by molar-refractivity contribution is 0.0902. The largest absolute Gasteiger partial charge is 0.396 e. The van der Waals surface area contributed by atoms with Crippen LogP contribution in [0.5, 0.6) is 0 Å². The van der Waals surface area contributed by atoms with Gasteiger partial charge < -0.3 is 15.2 Å². The Hall–Kier alpha value is -0.120. The summed E-state index contributed by atoms with van der Waals surface area (Å²) in [4.78, 5) is 0. The van der Waals surface area contributed by atoms with Gasteiger partial charge in [-0.15, -0.1) is 0 Å². The molecule has 0 heterocycles. The number of rotatable bonds is 9. The summed E-state index contributed by atoms with van der Waals surface area (Å²) in [7, 11) is 1.70. The number of ether oxygens (including phenoxy) is 1. The molecule has 15 heavy (non-hydrogen) atoms. The van der Waals surface area contributed by atoms with E-state index in [0.717, 1.165) is 6.42 Å². The first-order valence-electron chi connectivity index (χ1n) is 5.95. The number of methoxy groups -OCH3 is 1. The van der Waals surface area contributed by atoms with Crippen molar-refractivity contribution in [2.45, 2.75) is 58.0 Å². The lowest BCUT2D eigenvalue weighted by Gasteiger charge is -2.33. The third-order valence-electron chi connectivity index (χ3n) is 2.71. The van der Waals surface area contributed by atoms with Crippen LogP contribution in [0.25, 0.3) is 0 Å². The summed E-state index contributed by atoms with van der Waals surface area (Å²) >= 11 is 0. The molecule has 0 saturated carbocycles. The van der Waals surface area contributed by atoms with Gasteiger partial charge in [-0.05, 0) is 26.7 Å². The van der Waals surface area contributed by atoms with E-state index in [1.807, 2.05) is 0 Å². The summed E-state index contributed by atoms with van der Waals surface area (Å²) < 4.78 is 5.19. The van der Waals surface area contributed by atoms with Crippen molar-refractivity contribution in [1.29, 1.82) is 0 Å². The Kier molecular flexibility index (Phi) is 8.02. The Bertz CT molecular complexity index is 145. The van der Waals surface area contributed by atoms with E-state index in [4.69, 9.17) is 9.84 Å². The minimum Gasteiger partial charge on any atom is -0.396 e. The van der Waals surface area contributed by atoms with Crippen molar-refractivity contribution in [2.24, 2.45) is 0 Å². The molecule has 0 aliphatic rings. The van der Waals surface area contributed by atoms with Gasteiger partial charge in [-0.25, -0.2) is 0 Å². The first-order valence-corrected chi connectivity index (χ1v) is 5.95. The van der Waals surface area contributed by atoms with Gasteiger partial charge in [0.25, 0.3) is 0 Å². The van der Waals surface area contributed by atoms with Gasteiger partial charge in [0.05, 0.1) is 6.61 Å². The fraction of sp³-hybridized carbons (Fsp3) is 1.00.